The quantitative estimate of drug-likeness (QED) is 0.360. The average Bonchev–Trinajstić information content (AvgIpc) is 2.22. The van der Waals surface area contributed by atoms with E-state index in [2.05, 4.69) is 58.3 Å². The zero-order valence-electron chi connectivity index (χ0n) is 14.7. The van der Waals surface area contributed by atoms with E-state index in [1.54, 1.807) is 0 Å². The molecule has 118 valence electrons. The fraction of sp³-hybridized carbons (Fsp3) is 0.867. The number of carbonyl (C=O) groups is 1. The molecule has 0 aromatic carbocycles. The molecule has 0 rings (SSSR count). The van der Waals surface area contributed by atoms with Crippen LogP contribution in [0.15, 0.2) is 5.10 Å². The molecule has 0 fully saturated rings. The van der Waals surface area contributed by atoms with E-state index >= 15 is 0 Å². The molecule has 0 aliphatic rings. The SMILES string of the molecule is CCOC(=O)C/C(C)=N/N[Si](C)(C(C)(C)C)C(C)(C)C. The van der Waals surface area contributed by atoms with Crippen molar-refractivity contribution in [2.75, 3.05) is 6.61 Å². The van der Waals surface area contributed by atoms with Crippen molar-refractivity contribution in [2.45, 2.75) is 78.4 Å². The minimum absolute atomic E-state index is 0.166. The monoisotopic (exact) mass is 300 g/mol. The van der Waals surface area contributed by atoms with Gasteiger partial charge in [0.2, 0.25) is 0 Å². The molecule has 1 N–H and O–H groups in total. The number of nitrogens with one attached hydrogen (secondary N) is 1. The standard InChI is InChI=1S/C15H32N2O2Si/c1-10-19-13(18)11-12(2)16-17-20(9,14(3,4)5)15(6,7)8/h17H,10-11H2,1-9H3/b16-12+. The molecule has 0 amide bonds. The van der Waals surface area contributed by atoms with E-state index in [0.717, 1.165) is 5.71 Å². The van der Waals surface area contributed by atoms with E-state index in [9.17, 15) is 4.79 Å². The van der Waals surface area contributed by atoms with Crippen molar-refractivity contribution in [3.63, 3.8) is 0 Å². The summed E-state index contributed by atoms with van der Waals surface area (Å²) in [4.78, 5) is 11.5. The smallest absolute Gasteiger partial charge is 0.311 e. The molecule has 0 saturated carbocycles. The first kappa shape index (κ1) is 19.2. The Hall–Kier alpha value is -0.843. The molecule has 0 aromatic heterocycles. The molecule has 0 unspecified atom stereocenters. The third-order valence-electron chi connectivity index (χ3n) is 4.18. The summed E-state index contributed by atoms with van der Waals surface area (Å²) in [6.45, 7) is 19.9. The topological polar surface area (TPSA) is 50.7 Å². The molecule has 0 aliphatic carbocycles. The van der Waals surface area contributed by atoms with Crippen LogP contribution >= 0.6 is 0 Å². The Balaban J connectivity index is 5.00. The zero-order valence-corrected chi connectivity index (χ0v) is 15.7. The van der Waals surface area contributed by atoms with Gasteiger partial charge in [-0.05, 0) is 30.5 Å². The highest BCUT2D eigenvalue weighted by Gasteiger charge is 2.50. The van der Waals surface area contributed by atoms with E-state index in [1.807, 2.05) is 13.8 Å². The van der Waals surface area contributed by atoms with Gasteiger partial charge < -0.3 is 9.83 Å². The molecule has 20 heavy (non-hydrogen) atoms. The molecule has 4 nitrogen and oxygen atoms in total. The van der Waals surface area contributed by atoms with Crippen LogP contribution in [0.3, 0.4) is 0 Å². The van der Waals surface area contributed by atoms with Crippen LogP contribution < -0.4 is 5.09 Å². The summed E-state index contributed by atoms with van der Waals surface area (Å²) in [5, 5.41) is 8.25. The van der Waals surface area contributed by atoms with Gasteiger partial charge in [-0.3, -0.25) is 4.79 Å². The lowest BCUT2D eigenvalue weighted by molar-refractivity contribution is -0.141. The number of rotatable bonds is 5. The molecular weight excluding hydrogens is 268 g/mol. The summed E-state index contributed by atoms with van der Waals surface area (Å²) in [7, 11) is -1.87. The normalized spacial score (nSPS) is 14.2. The molecule has 0 saturated heterocycles. The zero-order chi connectivity index (χ0) is 16.2. The lowest BCUT2D eigenvalue weighted by Crippen LogP contribution is -2.59. The minimum Gasteiger partial charge on any atom is -0.466 e. The number of carbonyl (C=O) groups excluding carboxylic acids is 1. The van der Waals surface area contributed by atoms with E-state index in [1.165, 1.54) is 0 Å². The van der Waals surface area contributed by atoms with Crippen molar-refractivity contribution in [3.8, 4) is 0 Å². The number of esters is 1. The molecule has 5 heteroatoms. The second kappa shape index (κ2) is 6.74. The van der Waals surface area contributed by atoms with Crippen LogP contribution in [-0.4, -0.2) is 26.5 Å². The summed E-state index contributed by atoms with van der Waals surface area (Å²) < 4.78 is 4.94. The van der Waals surface area contributed by atoms with Crippen LogP contribution in [0.25, 0.3) is 0 Å². The number of hydrogen-bond donors (Lipinski definition) is 1. The van der Waals surface area contributed by atoms with Crippen molar-refractivity contribution in [2.24, 2.45) is 5.10 Å². The van der Waals surface area contributed by atoms with E-state index in [-0.39, 0.29) is 22.5 Å². The van der Waals surface area contributed by atoms with Crippen LogP contribution in [0, 0.1) is 0 Å². The molecule has 0 radical (unpaired) electrons. The summed E-state index contributed by atoms with van der Waals surface area (Å²) in [6, 6.07) is 0. The fourth-order valence-corrected chi connectivity index (χ4v) is 5.46. The molecule has 0 spiro atoms. The lowest BCUT2D eigenvalue weighted by Gasteiger charge is -2.48. The van der Waals surface area contributed by atoms with E-state index in [0.29, 0.717) is 6.61 Å². The minimum atomic E-state index is -1.87. The fourth-order valence-electron chi connectivity index (χ4n) is 2.13. The van der Waals surface area contributed by atoms with Gasteiger partial charge in [-0.2, -0.15) is 5.10 Å². The number of hydrogen-bond acceptors (Lipinski definition) is 4. The Bertz CT molecular complexity index is 351. The van der Waals surface area contributed by atoms with Gasteiger partial charge in [0.15, 0.2) is 8.24 Å². The first-order valence-corrected chi connectivity index (χ1v) is 9.81. The number of hydrazone groups is 1. The van der Waals surface area contributed by atoms with Crippen molar-refractivity contribution in [1.29, 1.82) is 0 Å². The Kier molecular flexibility index (Phi) is 6.46. The molecule has 0 aliphatic heterocycles. The maximum atomic E-state index is 11.5. The highest BCUT2D eigenvalue weighted by molar-refractivity contribution is 6.81. The predicted molar refractivity (Wildman–Crippen MR) is 88.5 cm³/mol. The van der Waals surface area contributed by atoms with Gasteiger partial charge >= 0.3 is 5.97 Å². The predicted octanol–water partition coefficient (Wildman–Crippen LogP) is 4.08. The van der Waals surface area contributed by atoms with Crippen molar-refractivity contribution < 1.29 is 9.53 Å². The van der Waals surface area contributed by atoms with Gasteiger partial charge in [0.05, 0.1) is 13.0 Å². The first-order valence-electron chi connectivity index (χ1n) is 7.31. The Morgan fingerprint density at radius 3 is 1.95 bits per heavy atom. The van der Waals surface area contributed by atoms with Crippen molar-refractivity contribution in [1.82, 2.24) is 5.09 Å². The lowest BCUT2D eigenvalue weighted by atomic mass is 10.2. The second-order valence-corrected chi connectivity index (χ2v) is 13.0. The van der Waals surface area contributed by atoms with Crippen molar-refractivity contribution in [3.05, 3.63) is 0 Å². The second-order valence-electron chi connectivity index (χ2n) is 7.57. The Morgan fingerprint density at radius 1 is 1.15 bits per heavy atom. The number of nitrogens with zero attached hydrogens (tertiary/aromatic N) is 1. The van der Waals surface area contributed by atoms with Crippen LogP contribution in [0.4, 0.5) is 0 Å². The van der Waals surface area contributed by atoms with Crippen molar-refractivity contribution >= 4 is 19.9 Å². The first-order chi connectivity index (χ1) is 8.85. The van der Waals surface area contributed by atoms with Gasteiger partial charge in [-0.15, -0.1) is 0 Å². The molecule has 0 bridgehead atoms. The number of ether oxygens (including phenoxy) is 1. The van der Waals surface area contributed by atoms with Crippen LogP contribution in [0.1, 0.15) is 61.8 Å². The summed E-state index contributed by atoms with van der Waals surface area (Å²) >= 11 is 0. The third kappa shape index (κ3) is 4.92. The third-order valence-corrected chi connectivity index (χ3v) is 10.7. The molecule has 0 aromatic rings. The highest BCUT2D eigenvalue weighted by atomic mass is 28.3. The summed E-state index contributed by atoms with van der Waals surface area (Å²) in [5.74, 6) is -0.217. The maximum absolute atomic E-state index is 11.5. The van der Waals surface area contributed by atoms with Crippen LogP contribution in [0.2, 0.25) is 16.6 Å². The summed E-state index contributed by atoms with van der Waals surface area (Å²) in [5.41, 5.74) is 0.774. The van der Waals surface area contributed by atoms with E-state index in [4.69, 9.17) is 4.74 Å². The largest absolute Gasteiger partial charge is 0.466 e. The summed E-state index contributed by atoms with van der Waals surface area (Å²) in [6.07, 6.45) is 0.250. The molecular formula is C15H32N2O2Si. The Labute approximate surface area is 125 Å². The molecule has 0 heterocycles. The molecule has 0 atom stereocenters. The maximum Gasteiger partial charge on any atom is 0.311 e. The van der Waals surface area contributed by atoms with Crippen LogP contribution in [-0.2, 0) is 9.53 Å². The highest BCUT2D eigenvalue weighted by Crippen LogP contribution is 2.48. The van der Waals surface area contributed by atoms with Crippen LogP contribution in [0.5, 0.6) is 0 Å². The van der Waals surface area contributed by atoms with Gasteiger partial charge in [0.1, 0.15) is 0 Å². The average molecular weight is 301 g/mol. The Morgan fingerprint density at radius 2 is 1.60 bits per heavy atom. The van der Waals surface area contributed by atoms with Gasteiger partial charge in [0, 0.05) is 5.71 Å². The van der Waals surface area contributed by atoms with Gasteiger partial charge in [0.25, 0.3) is 0 Å². The van der Waals surface area contributed by atoms with Gasteiger partial charge in [-0.25, -0.2) is 0 Å². The van der Waals surface area contributed by atoms with E-state index < -0.39 is 8.24 Å². The van der Waals surface area contributed by atoms with Gasteiger partial charge in [-0.1, -0.05) is 41.5 Å².